The Morgan fingerprint density at radius 1 is 1.42 bits per heavy atom. The third-order valence-electron chi connectivity index (χ3n) is 3.41. The average Bonchev–Trinajstić information content (AvgIpc) is 2.34. The van der Waals surface area contributed by atoms with Gasteiger partial charge in [0.25, 0.3) is 0 Å². The molecule has 0 aliphatic heterocycles. The van der Waals surface area contributed by atoms with Crippen LogP contribution in [0.4, 0.5) is 8.78 Å². The number of hydrogen-bond acceptors (Lipinski definition) is 3. The molecule has 0 bridgehead atoms. The van der Waals surface area contributed by atoms with E-state index in [1.54, 1.807) is 0 Å². The summed E-state index contributed by atoms with van der Waals surface area (Å²) in [6, 6.07) is 3.38. The highest BCUT2D eigenvalue weighted by Gasteiger charge is 2.29. The molecular weight excluding hydrogens is 252 g/mol. The number of rotatable bonds is 6. The quantitative estimate of drug-likeness (QED) is 0.833. The Morgan fingerprint density at radius 3 is 2.84 bits per heavy atom. The molecule has 3 nitrogen and oxygen atoms in total. The maximum Gasteiger partial charge on any atom is 0.129 e. The van der Waals surface area contributed by atoms with Gasteiger partial charge in [-0.25, -0.2) is 8.78 Å². The van der Waals surface area contributed by atoms with E-state index in [4.69, 9.17) is 4.74 Å². The van der Waals surface area contributed by atoms with E-state index in [1.165, 1.54) is 0 Å². The first-order valence-corrected chi connectivity index (χ1v) is 6.58. The van der Waals surface area contributed by atoms with Crippen molar-refractivity contribution in [3.05, 3.63) is 35.4 Å². The van der Waals surface area contributed by atoms with Gasteiger partial charge in [0, 0.05) is 24.8 Å². The van der Waals surface area contributed by atoms with E-state index in [0.29, 0.717) is 6.61 Å². The number of aliphatic hydroxyl groups excluding tert-OH is 1. The Morgan fingerprint density at radius 2 is 2.16 bits per heavy atom. The van der Waals surface area contributed by atoms with Gasteiger partial charge in [0.1, 0.15) is 11.6 Å². The molecular formula is C14H19F2NO2. The van der Waals surface area contributed by atoms with Gasteiger partial charge < -0.3 is 15.2 Å². The normalized spacial score (nSPS) is 24.0. The van der Waals surface area contributed by atoms with Crippen LogP contribution in [0.3, 0.4) is 0 Å². The van der Waals surface area contributed by atoms with E-state index in [1.807, 2.05) is 6.92 Å². The van der Waals surface area contributed by atoms with Gasteiger partial charge >= 0.3 is 0 Å². The molecule has 0 aromatic heterocycles. The van der Waals surface area contributed by atoms with Crippen molar-refractivity contribution in [2.24, 2.45) is 0 Å². The highest BCUT2D eigenvalue weighted by molar-refractivity contribution is 5.21. The zero-order chi connectivity index (χ0) is 13.8. The van der Waals surface area contributed by atoms with Gasteiger partial charge in [-0.2, -0.15) is 0 Å². The van der Waals surface area contributed by atoms with E-state index in [2.05, 4.69) is 5.32 Å². The van der Waals surface area contributed by atoms with Gasteiger partial charge in [0.05, 0.1) is 12.2 Å². The van der Waals surface area contributed by atoms with Crippen molar-refractivity contribution in [3.63, 3.8) is 0 Å². The van der Waals surface area contributed by atoms with E-state index in [-0.39, 0.29) is 24.3 Å². The van der Waals surface area contributed by atoms with Crippen molar-refractivity contribution in [3.8, 4) is 0 Å². The third-order valence-corrected chi connectivity index (χ3v) is 3.41. The van der Waals surface area contributed by atoms with E-state index in [0.717, 1.165) is 31.0 Å². The van der Waals surface area contributed by atoms with Crippen LogP contribution in [0.2, 0.25) is 0 Å². The van der Waals surface area contributed by atoms with Crippen LogP contribution in [0.15, 0.2) is 18.2 Å². The summed E-state index contributed by atoms with van der Waals surface area (Å²) in [6.45, 7) is 2.87. The molecule has 5 heteroatoms. The SMILES string of the molecule is CCOC1CC(NCC(O)c2cc(F)ccc2F)C1. The second-order valence-corrected chi connectivity index (χ2v) is 4.84. The summed E-state index contributed by atoms with van der Waals surface area (Å²) in [5.74, 6) is -1.13. The maximum atomic E-state index is 13.4. The summed E-state index contributed by atoms with van der Waals surface area (Å²) < 4.78 is 31.9. The van der Waals surface area contributed by atoms with Crippen LogP contribution in [-0.2, 0) is 4.74 Å². The molecule has 0 spiro atoms. The molecule has 1 aliphatic rings. The van der Waals surface area contributed by atoms with Crippen LogP contribution < -0.4 is 5.32 Å². The van der Waals surface area contributed by atoms with Crippen LogP contribution in [0.1, 0.15) is 31.4 Å². The van der Waals surface area contributed by atoms with Gasteiger partial charge in [-0.1, -0.05) is 0 Å². The molecule has 1 aromatic rings. The maximum absolute atomic E-state index is 13.4. The van der Waals surface area contributed by atoms with Crippen molar-refractivity contribution < 1.29 is 18.6 Å². The molecule has 0 heterocycles. The molecule has 1 atom stereocenters. The van der Waals surface area contributed by atoms with Crippen LogP contribution in [0.5, 0.6) is 0 Å². The van der Waals surface area contributed by atoms with Crippen LogP contribution in [-0.4, -0.2) is 30.4 Å². The minimum atomic E-state index is -1.04. The molecule has 2 N–H and O–H groups in total. The fraction of sp³-hybridized carbons (Fsp3) is 0.571. The summed E-state index contributed by atoms with van der Waals surface area (Å²) in [5.41, 5.74) is -0.00631. The molecule has 2 rings (SSSR count). The average molecular weight is 271 g/mol. The number of hydrogen-bond donors (Lipinski definition) is 2. The lowest BCUT2D eigenvalue weighted by Crippen LogP contribution is -2.46. The van der Waals surface area contributed by atoms with Crippen LogP contribution in [0, 0.1) is 11.6 Å². The molecule has 1 aromatic carbocycles. The Labute approximate surface area is 111 Å². The predicted molar refractivity (Wildman–Crippen MR) is 67.8 cm³/mol. The summed E-state index contributed by atoms with van der Waals surface area (Å²) in [7, 11) is 0. The zero-order valence-corrected chi connectivity index (χ0v) is 10.9. The van der Waals surface area contributed by atoms with Crippen LogP contribution in [0.25, 0.3) is 0 Å². The molecule has 1 saturated carbocycles. The molecule has 1 fully saturated rings. The molecule has 0 saturated heterocycles. The summed E-state index contributed by atoms with van der Waals surface area (Å²) in [5, 5.41) is 13.0. The fourth-order valence-electron chi connectivity index (χ4n) is 2.26. The van der Waals surface area contributed by atoms with Crippen molar-refractivity contribution in [2.75, 3.05) is 13.2 Å². The Bertz CT molecular complexity index is 422. The van der Waals surface area contributed by atoms with Crippen LogP contribution >= 0.6 is 0 Å². The smallest absolute Gasteiger partial charge is 0.129 e. The predicted octanol–water partition coefficient (Wildman–Crippen LogP) is 2.16. The largest absolute Gasteiger partial charge is 0.387 e. The van der Waals surface area contributed by atoms with Gasteiger partial charge in [-0.15, -0.1) is 0 Å². The first-order valence-electron chi connectivity index (χ1n) is 6.58. The van der Waals surface area contributed by atoms with E-state index >= 15 is 0 Å². The minimum Gasteiger partial charge on any atom is -0.387 e. The highest BCUT2D eigenvalue weighted by atomic mass is 19.1. The highest BCUT2D eigenvalue weighted by Crippen LogP contribution is 2.24. The first-order chi connectivity index (χ1) is 9.10. The molecule has 1 aliphatic carbocycles. The number of nitrogens with one attached hydrogen (secondary N) is 1. The second kappa shape index (κ2) is 6.41. The zero-order valence-electron chi connectivity index (χ0n) is 10.9. The first kappa shape index (κ1) is 14.4. The van der Waals surface area contributed by atoms with Gasteiger partial charge in [-0.3, -0.25) is 0 Å². The number of ether oxygens (including phenoxy) is 1. The summed E-state index contributed by atoms with van der Waals surface area (Å²) in [4.78, 5) is 0. The van der Waals surface area contributed by atoms with Gasteiger partial charge in [0.15, 0.2) is 0 Å². The monoisotopic (exact) mass is 271 g/mol. The lowest BCUT2D eigenvalue weighted by molar-refractivity contribution is -0.0124. The van der Waals surface area contributed by atoms with Gasteiger partial charge in [-0.05, 0) is 38.0 Å². The van der Waals surface area contributed by atoms with Crippen molar-refractivity contribution in [1.29, 1.82) is 0 Å². The summed E-state index contributed by atoms with van der Waals surface area (Å²) >= 11 is 0. The fourth-order valence-corrected chi connectivity index (χ4v) is 2.26. The van der Waals surface area contributed by atoms with Crippen molar-refractivity contribution in [1.82, 2.24) is 5.32 Å². The van der Waals surface area contributed by atoms with E-state index in [9.17, 15) is 13.9 Å². The number of aliphatic hydroxyl groups is 1. The van der Waals surface area contributed by atoms with Crippen molar-refractivity contribution in [2.45, 2.75) is 38.0 Å². The lowest BCUT2D eigenvalue weighted by Gasteiger charge is -2.36. The standard InChI is InChI=1S/C14H19F2NO2/c1-2-19-11-6-10(7-11)17-8-14(18)12-5-9(15)3-4-13(12)16/h3-5,10-11,14,17-18H,2,6-8H2,1H3. The Balaban J connectivity index is 1.79. The van der Waals surface area contributed by atoms with Crippen molar-refractivity contribution >= 4 is 0 Å². The summed E-state index contributed by atoms with van der Waals surface area (Å²) in [6.07, 6.45) is 1.03. The molecule has 1 unspecified atom stereocenters. The molecule has 19 heavy (non-hydrogen) atoms. The Hall–Kier alpha value is -1.04. The number of halogens is 2. The molecule has 0 amide bonds. The topological polar surface area (TPSA) is 41.5 Å². The Kier molecular flexibility index (Phi) is 4.85. The minimum absolute atomic E-state index is 0.00631. The molecule has 106 valence electrons. The number of benzene rings is 1. The van der Waals surface area contributed by atoms with Gasteiger partial charge in [0.2, 0.25) is 0 Å². The van der Waals surface area contributed by atoms with E-state index < -0.39 is 17.7 Å². The molecule has 0 radical (unpaired) electrons. The third kappa shape index (κ3) is 3.72. The second-order valence-electron chi connectivity index (χ2n) is 4.84. The lowest BCUT2D eigenvalue weighted by atomic mass is 9.89.